The molecule has 1 N–H and O–H groups in total. The van der Waals surface area contributed by atoms with Crippen LogP contribution in [0.25, 0.3) is 0 Å². The molecule has 1 aliphatic heterocycles. The van der Waals surface area contributed by atoms with Gasteiger partial charge in [-0.1, -0.05) is 22.9 Å². The molecule has 0 saturated carbocycles. The van der Waals surface area contributed by atoms with Crippen LogP contribution in [0.1, 0.15) is 25.3 Å². The summed E-state index contributed by atoms with van der Waals surface area (Å²) in [5.41, 5.74) is 0.997. The summed E-state index contributed by atoms with van der Waals surface area (Å²) in [6.07, 6.45) is 3.25. The van der Waals surface area contributed by atoms with Crippen LogP contribution in [0.2, 0.25) is 0 Å². The minimum absolute atomic E-state index is 0.184. The van der Waals surface area contributed by atoms with E-state index in [1.165, 1.54) is 6.07 Å². The highest BCUT2D eigenvalue weighted by Crippen LogP contribution is 2.23. The number of nitrogens with one attached hydrogen (secondary N) is 1. The average Bonchev–Trinajstić information content (AvgIpc) is 2.87. The number of hydrogen-bond acceptors (Lipinski definition) is 2. The molecule has 18 heavy (non-hydrogen) atoms. The molecule has 0 amide bonds. The van der Waals surface area contributed by atoms with E-state index in [9.17, 15) is 4.39 Å². The van der Waals surface area contributed by atoms with Crippen molar-refractivity contribution in [1.29, 1.82) is 0 Å². The quantitative estimate of drug-likeness (QED) is 0.900. The fraction of sp³-hybridized carbons (Fsp3) is 0.571. The molecular weight excluding hydrogens is 297 g/mol. The molecule has 1 fully saturated rings. The van der Waals surface area contributed by atoms with Crippen molar-refractivity contribution in [3.63, 3.8) is 0 Å². The number of rotatable bonds is 5. The summed E-state index contributed by atoms with van der Waals surface area (Å²) in [4.78, 5) is 0. The van der Waals surface area contributed by atoms with Crippen molar-refractivity contribution >= 4 is 15.9 Å². The molecule has 2 atom stereocenters. The largest absolute Gasteiger partial charge is 0.377 e. The second-order valence-corrected chi connectivity index (χ2v) is 5.51. The maximum absolute atomic E-state index is 13.3. The van der Waals surface area contributed by atoms with E-state index in [1.807, 2.05) is 0 Å². The van der Waals surface area contributed by atoms with E-state index >= 15 is 0 Å². The zero-order chi connectivity index (χ0) is 13.0. The number of benzene rings is 1. The molecule has 100 valence electrons. The van der Waals surface area contributed by atoms with Crippen molar-refractivity contribution in [3.8, 4) is 0 Å². The van der Waals surface area contributed by atoms with E-state index in [2.05, 4.69) is 28.2 Å². The number of likely N-dealkylation sites (N-methyl/N-ethyl adjacent to an activating group) is 1. The summed E-state index contributed by atoms with van der Waals surface area (Å²) < 4.78 is 20.0. The van der Waals surface area contributed by atoms with Crippen molar-refractivity contribution in [2.75, 3.05) is 13.2 Å². The molecule has 2 unspecified atom stereocenters. The summed E-state index contributed by atoms with van der Waals surface area (Å²) in [7, 11) is 0. The summed E-state index contributed by atoms with van der Waals surface area (Å²) in [6, 6.07) is 5.10. The van der Waals surface area contributed by atoms with Crippen molar-refractivity contribution in [3.05, 3.63) is 34.1 Å². The van der Waals surface area contributed by atoms with Crippen LogP contribution in [0.15, 0.2) is 22.7 Å². The van der Waals surface area contributed by atoms with Crippen molar-refractivity contribution in [1.82, 2.24) is 5.32 Å². The molecule has 0 aromatic heterocycles. The van der Waals surface area contributed by atoms with Gasteiger partial charge in [-0.2, -0.15) is 0 Å². The molecule has 1 aromatic carbocycles. The summed E-state index contributed by atoms with van der Waals surface area (Å²) in [5.74, 6) is -0.184. The average molecular weight is 316 g/mol. The van der Waals surface area contributed by atoms with E-state index in [1.54, 1.807) is 12.1 Å². The van der Waals surface area contributed by atoms with Crippen molar-refractivity contribution in [2.45, 2.75) is 38.3 Å². The maximum atomic E-state index is 13.3. The Balaban J connectivity index is 2.09. The van der Waals surface area contributed by atoms with Gasteiger partial charge in [-0.3, -0.25) is 0 Å². The van der Waals surface area contributed by atoms with Crippen LogP contribution in [-0.4, -0.2) is 25.3 Å². The lowest BCUT2D eigenvalue weighted by Gasteiger charge is -2.24. The van der Waals surface area contributed by atoms with Gasteiger partial charge in [0.15, 0.2) is 0 Å². The first-order valence-corrected chi connectivity index (χ1v) is 7.29. The van der Waals surface area contributed by atoms with Gasteiger partial charge in [0.05, 0.1) is 6.10 Å². The van der Waals surface area contributed by atoms with Gasteiger partial charge in [0, 0.05) is 17.1 Å². The van der Waals surface area contributed by atoms with Gasteiger partial charge >= 0.3 is 0 Å². The molecule has 1 saturated heterocycles. The zero-order valence-electron chi connectivity index (χ0n) is 10.6. The molecule has 0 radical (unpaired) electrons. The van der Waals surface area contributed by atoms with Gasteiger partial charge in [0.1, 0.15) is 5.82 Å². The predicted molar refractivity (Wildman–Crippen MR) is 74.2 cm³/mol. The lowest BCUT2D eigenvalue weighted by Crippen LogP contribution is -2.41. The van der Waals surface area contributed by atoms with Gasteiger partial charge in [0.25, 0.3) is 0 Å². The van der Waals surface area contributed by atoms with Crippen LogP contribution < -0.4 is 5.32 Å². The van der Waals surface area contributed by atoms with Crippen LogP contribution in [0.4, 0.5) is 4.39 Å². The molecular formula is C14H19BrFNO. The van der Waals surface area contributed by atoms with E-state index in [4.69, 9.17) is 4.74 Å². The van der Waals surface area contributed by atoms with Gasteiger partial charge in [0.2, 0.25) is 0 Å². The molecule has 4 heteroatoms. The van der Waals surface area contributed by atoms with Crippen molar-refractivity contribution < 1.29 is 9.13 Å². The van der Waals surface area contributed by atoms with E-state index in [0.717, 1.165) is 42.5 Å². The Hall–Kier alpha value is -0.450. The lowest BCUT2D eigenvalue weighted by molar-refractivity contribution is 0.0788. The molecule has 2 rings (SSSR count). The molecule has 1 aromatic rings. The number of ether oxygens (including phenoxy) is 1. The Morgan fingerprint density at radius 1 is 1.56 bits per heavy atom. The fourth-order valence-corrected chi connectivity index (χ4v) is 2.86. The summed E-state index contributed by atoms with van der Waals surface area (Å²) in [5, 5.41) is 3.45. The molecule has 0 aliphatic carbocycles. The van der Waals surface area contributed by atoms with Crippen LogP contribution in [0.3, 0.4) is 0 Å². The number of hydrogen-bond donors (Lipinski definition) is 1. The van der Waals surface area contributed by atoms with Gasteiger partial charge in [-0.15, -0.1) is 0 Å². The first-order chi connectivity index (χ1) is 8.70. The first-order valence-electron chi connectivity index (χ1n) is 6.49. The highest BCUT2D eigenvalue weighted by Gasteiger charge is 2.25. The van der Waals surface area contributed by atoms with Crippen LogP contribution in [0.5, 0.6) is 0 Å². The standard InChI is InChI=1S/C14H19BrFNO/c1-2-17-13(14-4-3-7-18-14)9-10-8-11(16)5-6-12(10)15/h5-6,8,13-14,17H,2-4,7,9H2,1H3. The lowest BCUT2D eigenvalue weighted by atomic mass is 9.99. The normalized spacial score (nSPS) is 21.2. The van der Waals surface area contributed by atoms with Crippen LogP contribution >= 0.6 is 15.9 Å². The third-order valence-electron chi connectivity index (χ3n) is 3.33. The van der Waals surface area contributed by atoms with Crippen LogP contribution in [0, 0.1) is 5.82 Å². The van der Waals surface area contributed by atoms with Crippen molar-refractivity contribution in [2.24, 2.45) is 0 Å². The molecule has 0 bridgehead atoms. The highest BCUT2D eigenvalue weighted by atomic mass is 79.9. The smallest absolute Gasteiger partial charge is 0.123 e. The topological polar surface area (TPSA) is 21.3 Å². The zero-order valence-corrected chi connectivity index (χ0v) is 12.2. The SMILES string of the molecule is CCNC(Cc1cc(F)ccc1Br)C1CCCO1. The summed E-state index contributed by atoms with van der Waals surface area (Å²) >= 11 is 3.48. The minimum atomic E-state index is -0.184. The molecule has 0 spiro atoms. The minimum Gasteiger partial charge on any atom is -0.377 e. The molecule has 1 heterocycles. The maximum Gasteiger partial charge on any atom is 0.123 e. The van der Waals surface area contributed by atoms with E-state index in [0.29, 0.717) is 0 Å². The summed E-state index contributed by atoms with van der Waals surface area (Å²) in [6.45, 7) is 3.83. The monoisotopic (exact) mass is 315 g/mol. The van der Waals surface area contributed by atoms with E-state index in [-0.39, 0.29) is 18.0 Å². The van der Waals surface area contributed by atoms with Gasteiger partial charge in [-0.25, -0.2) is 4.39 Å². The second-order valence-electron chi connectivity index (χ2n) is 4.66. The highest BCUT2D eigenvalue weighted by molar-refractivity contribution is 9.10. The van der Waals surface area contributed by atoms with E-state index < -0.39 is 0 Å². The first kappa shape index (κ1) is 14.0. The number of halogens is 2. The Labute approximate surface area is 116 Å². The Morgan fingerprint density at radius 3 is 3.06 bits per heavy atom. The third kappa shape index (κ3) is 3.53. The second kappa shape index (κ2) is 6.64. The Morgan fingerprint density at radius 2 is 2.39 bits per heavy atom. The molecule has 2 nitrogen and oxygen atoms in total. The molecule has 1 aliphatic rings. The van der Waals surface area contributed by atoms with Gasteiger partial charge in [-0.05, 0) is 49.6 Å². The Bertz CT molecular complexity index is 393. The fourth-order valence-electron chi connectivity index (χ4n) is 2.45. The third-order valence-corrected chi connectivity index (χ3v) is 4.10. The Kier molecular flexibility index (Phi) is 5.15. The van der Waals surface area contributed by atoms with Crippen LogP contribution in [-0.2, 0) is 11.2 Å². The van der Waals surface area contributed by atoms with Gasteiger partial charge < -0.3 is 10.1 Å². The predicted octanol–water partition coefficient (Wildman–Crippen LogP) is 3.29.